The first-order valence-corrected chi connectivity index (χ1v) is 5.97. The highest BCUT2D eigenvalue weighted by Gasteiger charge is 2.11. The van der Waals surface area contributed by atoms with Crippen LogP contribution in [-0.2, 0) is 6.54 Å². The van der Waals surface area contributed by atoms with Crippen LogP contribution in [0.4, 0.5) is 4.39 Å². The van der Waals surface area contributed by atoms with E-state index in [0.29, 0.717) is 27.1 Å². The minimum absolute atomic E-state index is 0.0419. The highest BCUT2D eigenvalue weighted by Crippen LogP contribution is 2.33. The van der Waals surface area contributed by atoms with E-state index in [0.717, 1.165) is 0 Å². The molecule has 2 nitrogen and oxygen atoms in total. The van der Waals surface area contributed by atoms with Gasteiger partial charge in [-0.25, -0.2) is 4.39 Å². The molecule has 2 rings (SSSR count). The molecule has 0 aromatic heterocycles. The van der Waals surface area contributed by atoms with Gasteiger partial charge >= 0.3 is 0 Å². The van der Waals surface area contributed by atoms with E-state index in [-0.39, 0.29) is 6.54 Å². The Hall–Kier alpha value is -1.29. The predicted octanol–water partition coefficient (Wildman–Crippen LogP) is 4.38. The molecular weight excluding hydrogens is 276 g/mol. The standard InChI is InChI=1S/C13H10Cl2FNO/c14-8-4-5-10(15)13(6-8)18-12-3-1-2-11(16)9(12)7-17/h1-6H,7,17H2. The minimum Gasteiger partial charge on any atom is -0.455 e. The Bertz CT molecular complexity index is 575. The van der Waals surface area contributed by atoms with Gasteiger partial charge in [-0.1, -0.05) is 29.3 Å². The highest BCUT2D eigenvalue weighted by molar-refractivity contribution is 6.34. The Morgan fingerprint density at radius 3 is 2.61 bits per heavy atom. The second-order valence-corrected chi connectivity index (χ2v) is 4.44. The molecule has 0 atom stereocenters. The summed E-state index contributed by atoms with van der Waals surface area (Å²) in [6.07, 6.45) is 0. The molecule has 0 amide bonds. The van der Waals surface area contributed by atoms with Gasteiger partial charge in [-0.05, 0) is 24.3 Å². The zero-order valence-electron chi connectivity index (χ0n) is 9.29. The van der Waals surface area contributed by atoms with E-state index in [2.05, 4.69) is 0 Å². The average molecular weight is 286 g/mol. The molecule has 0 unspecified atom stereocenters. The minimum atomic E-state index is -0.409. The van der Waals surface area contributed by atoms with Gasteiger partial charge in [-0.3, -0.25) is 0 Å². The van der Waals surface area contributed by atoms with Crippen LogP contribution < -0.4 is 10.5 Å². The highest BCUT2D eigenvalue weighted by atomic mass is 35.5. The van der Waals surface area contributed by atoms with Gasteiger partial charge in [-0.2, -0.15) is 0 Å². The number of rotatable bonds is 3. The molecule has 2 aromatic rings. The Labute approximate surface area is 114 Å². The lowest BCUT2D eigenvalue weighted by molar-refractivity contribution is 0.467. The van der Waals surface area contributed by atoms with E-state index in [1.54, 1.807) is 30.3 Å². The number of halogens is 3. The molecule has 0 spiro atoms. The third kappa shape index (κ3) is 2.75. The van der Waals surface area contributed by atoms with Crippen molar-refractivity contribution >= 4 is 23.2 Å². The van der Waals surface area contributed by atoms with E-state index in [9.17, 15) is 4.39 Å². The van der Waals surface area contributed by atoms with Gasteiger partial charge in [0.1, 0.15) is 17.3 Å². The molecule has 2 aromatic carbocycles. The predicted molar refractivity (Wildman–Crippen MR) is 70.8 cm³/mol. The van der Waals surface area contributed by atoms with Crippen molar-refractivity contribution in [3.8, 4) is 11.5 Å². The molecule has 0 fully saturated rings. The van der Waals surface area contributed by atoms with Crippen molar-refractivity contribution in [2.45, 2.75) is 6.54 Å². The molecule has 0 radical (unpaired) electrons. The molecule has 0 aliphatic heterocycles. The van der Waals surface area contributed by atoms with Crippen LogP contribution in [0.5, 0.6) is 11.5 Å². The molecule has 0 saturated carbocycles. The van der Waals surface area contributed by atoms with Crippen LogP contribution in [0.2, 0.25) is 10.0 Å². The summed E-state index contributed by atoms with van der Waals surface area (Å²) >= 11 is 11.8. The van der Waals surface area contributed by atoms with E-state index >= 15 is 0 Å². The van der Waals surface area contributed by atoms with Crippen molar-refractivity contribution in [2.75, 3.05) is 0 Å². The third-order valence-electron chi connectivity index (χ3n) is 2.39. The molecule has 94 valence electrons. The van der Waals surface area contributed by atoms with E-state index in [1.807, 2.05) is 0 Å². The first-order valence-electron chi connectivity index (χ1n) is 5.22. The fourth-order valence-electron chi connectivity index (χ4n) is 1.51. The quantitative estimate of drug-likeness (QED) is 0.908. The maximum absolute atomic E-state index is 13.5. The fourth-order valence-corrected chi connectivity index (χ4v) is 1.82. The maximum Gasteiger partial charge on any atom is 0.147 e. The van der Waals surface area contributed by atoms with Crippen molar-refractivity contribution < 1.29 is 9.13 Å². The van der Waals surface area contributed by atoms with Crippen LogP contribution in [0.3, 0.4) is 0 Å². The van der Waals surface area contributed by atoms with Gasteiger partial charge in [0.15, 0.2) is 0 Å². The van der Waals surface area contributed by atoms with E-state index in [4.69, 9.17) is 33.7 Å². The lowest BCUT2D eigenvalue weighted by Gasteiger charge is -2.12. The van der Waals surface area contributed by atoms with Crippen molar-refractivity contribution in [2.24, 2.45) is 5.73 Å². The number of hydrogen-bond donors (Lipinski definition) is 1. The Kier molecular flexibility index (Phi) is 4.07. The van der Waals surface area contributed by atoms with Crippen molar-refractivity contribution in [1.82, 2.24) is 0 Å². The summed E-state index contributed by atoms with van der Waals surface area (Å²) in [6.45, 7) is 0.0419. The number of hydrogen-bond acceptors (Lipinski definition) is 2. The number of benzene rings is 2. The van der Waals surface area contributed by atoms with Crippen LogP contribution in [0.15, 0.2) is 36.4 Å². The van der Waals surface area contributed by atoms with Crippen molar-refractivity contribution in [3.63, 3.8) is 0 Å². The molecule has 5 heteroatoms. The first-order chi connectivity index (χ1) is 8.61. The van der Waals surface area contributed by atoms with Gasteiger partial charge < -0.3 is 10.5 Å². The molecule has 2 N–H and O–H groups in total. The fraction of sp³-hybridized carbons (Fsp3) is 0.0769. The molecular formula is C13H10Cl2FNO. The topological polar surface area (TPSA) is 35.2 Å². The monoisotopic (exact) mass is 285 g/mol. The van der Waals surface area contributed by atoms with Crippen LogP contribution in [-0.4, -0.2) is 0 Å². The zero-order valence-corrected chi connectivity index (χ0v) is 10.8. The lowest BCUT2D eigenvalue weighted by Crippen LogP contribution is -2.02. The summed E-state index contributed by atoms with van der Waals surface area (Å²) < 4.78 is 19.1. The molecule has 0 bridgehead atoms. The summed E-state index contributed by atoms with van der Waals surface area (Å²) in [6, 6.07) is 9.32. The van der Waals surface area contributed by atoms with Crippen LogP contribution in [0, 0.1) is 5.82 Å². The summed E-state index contributed by atoms with van der Waals surface area (Å²) in [4.78, 5) is 0. The van der Waals surface area contributed by atoms with Gasteiger partial charge in [0.2, 0.25) is 0 Å². The maximum atomic E-state index is 13.5. The van der Waals surface area contributed by atoms with E-state index in [1.165, 1.54) is 6.07 Å². The first kappa shape index (κ1) is 13.1. The SMILES string of the molecule is NCc1c(F)cccc1Oc1cc(Cl)ccc1Cl. The summed E-state index contributed by atoms with van der Waals surface area (Å²) in [5.41, 5.74) is 5.79. The number of nitrogens with two attached hydrogens (primary N) is 1. The number of ether oxygens (including phenoxy) is 1. The van der Waals surface area contributed by atoms with Gasteiger partial charge in [0, 0.05) is 23.2 Å². The Morgan fingerprint density at radius 2 is 1.89 bits per heavy atom. The summed E-state index contributed by atoms with van der Waals surface area (Å²) in [5.74, 6) is 0.291. The molecule has 0 saturated heterocycles. The van der Waals surface area contributed by atoms with Gasteiger partial charge in [-0.15, -0.1) is 0 Å². The largest absolute Gasteiger partial charge is 0.455 e. The molecule has 18 heavy (non-hydrogen) atoms. The Morgan fingerprint density at radius 1 is 1.11 bits per heavy atom. The smallest absolute Gasteiger partial charge is 0.147 e. The summed E-state index contributed by atoms with van der Waals surface area (Å²) in [7, 11) is 0. The molecule has 0 aliphatic rings. The lowest BCUT2D eigenvalue weighted by atomic mass is 10.2. The van der Waals surface area contributed by atoms with Crippen molar-refractivity contribution in [1.29, 1.82) is 0 Å². The van der Waals surface area contributed by atoms with Crippen LogP contribution >= 0.6 is 23.2 Å². The second-order valence-electron chi connectivity index (χ2n) is 3.60. The second kappa shape index (κ2) is 5.57. The van der Waals surface area contributed by atoms with Crippen LogP contribution in [0.1, 0.15) is 5.56 Å². The zero-order chi connectivity index (χ0) is 13.1. The van der Waals surface area contributed by atoms with Gasteiger partial charge in [0.05, 0.1) is 5.02 Å². The van der Waals surface area contributed by atoms with Gasteiger partial charge in [0.25, 0.3) is 0 Å². The third-order valence-corrected chi connectivity index (χ3v) is 2.94. The molecule has 0 aliphatic carbocycles. The van der Waals surface area contributed by atoms with E-state index < -0.39 is 5.82 Å². The molecule has 0 heterocycles. The van der Waals surface area contributed by atoms with Crippen LogP contribution in [0.25, 0.3) is 0 Å². The average Bonchev–Trinajstić information content (AvgIpc) is 2.34. The Balaban J connectivity index is 2.40. The normalized spacial score (nSPS) is 10.4. The van der Waals surface area contributed by atoms with Crippen molar-refractivity contribution in [3.05, 3.63) is 57.8 Å². The summed E-state index contributed by atoms with van der Waals surface area (Å²) in [5, 5.41) is 0.881.